The number of hydrogen-bond donors (Lipinski definition) is 1. The summed E-state index contributed by atoms with van der Waals surface area (Å²) in [6, 6.07) is 14.1. The summed E-state index contributed by atoms with van der Waals surface area (Å²) in [4.78, 5) is 16.7. The van der Waals surface area contributed by atoms with E-state index < -0.39 is 0 Å². The van der Waals surface area contributed by atoms with Gasteiger partial charge >= 0.3 is 0 Å². The number of hydrogen-bond acceptors (Lipinski definition) is 4. The Kier molecular flexibility index (Phi) is 5.51. The van der Waals surface area contributed by atoms with Crippen LogP contribution in [-0.4, -0.2) is 17.5 Å². The average molecular weight is 383 g/mol. The number of thiazole rings is 1. The molecule has 1 aromatic heterocycles. The Balaban J connectivity index is 1.65. The second kappa shape index (κ2) is 7.69. The number of nitrogens with zero attached hydrogens (tertiary/aromatic N) is 1. The Morgan fingerprint density at radius 1 is 1.19 bits per heavy atom. The van der Waals surface area contributed by atoms with Crippen molar-refractivity contribution in [3.05, 3.63) is 53.6 Å². The molecule has 0 radical (unpaired) electrons. The van der Waals surface area contributed by atoms with Gasteiger partial charge in [-0.05, 0) is 46.7 Å². The number of benzene rings is 2. The van der Waals surface area contributed by atoms with Gasteiger partial charge in [0.15, 0.2) is 11.7 Å². The molecule has 0 unspecified atom stereocenters. The third-order valence-electron chi connectivity index (χ3n) is 4.40. The number of aromatic nitrogens is 1. The second-order valence-corrected chi connectivity index (χ2v) is 9.05. The number of ether oxygens (including phenoxy) is 1. The molecule has 142 valence electrons. The van der Waals surface area contributed by atoms with Crippen LogP contribution >= 0.6 is 11.3 Å². The molecule has 0 saturated carbocycles. The van der Waals surface area contributed by atoms with Crippen molar-refractivity contribution < 1.29 is 9.53 Å². The van der Waals surface area contributed by atoms with E-state index in [1.807, 2.05) is 24.3 Å². The summed E-state index contributed by atoms with van der Waals surface area (Å²) < 4.78 is 6.71. The molecule has 0 aliphatic rings. The molecule has 4 nitrogen and oxygen atoms in total. The first-order valence-electron chi connectivity index (χ1n) is 9.16. The number of rotatable bonds is 5. The van der Waals surface area contributed by atoms with Crippen LogP contribution in [0, 0.1) is 0 Å². The summed E-state index contributed by atoms with van der Waals surface area (Å²) in [5.74, 6) is 0.915. The second-order valence-electron chi connectivity index (χ2n) is 8.02. The lowest BCUT2D eigenvalue weighted by Crippen LogP contribution is -2.20. The van der Waals surface area contributed by atoms with E-state index in [0.717, 1.165) is 10.2 Å². The van der Waals surface area contributed by atoms with Gasteiger partial charge in [0.1, 0.15) is 5.75 Å². The normalized spacial score (nSPS) is 11.8. The minimum atomic E-state index is -0.208. The molecule has 0 bridgehead atoms. The van der Waals surface area contributed by atoms with Crippen LogP contribution in [0.2, 0.25) is 0 Å². The molecule has 5 heteroatoms. The maximum absolute atomic E-state index is 12.2. The zero-order valence-electron chi connectivity index (χ0n) is 16.5. The summed E-state index contributed by atoms with van der Waals surface area (Å²) in [6.07, 6.45) is 0. The first-order valence-corrected chi connectivity index (χ1v) is 9.98. The van der Waals surface area contributed by atoms with Gasteiger partial charge in [0.05, 0.1) is 10.2 Å². The third-order valence-corrected chi connectivity index (χ3v) is 5.33. The van der Waals surface area contributed by atoms with Crippen LogP contribution in [0.25, 0.3) is 10.2 Å². The van der Waals surface area contributed by atoms with Crippen LogP contribution in [0.4, 0.5) is 5.13 Å². The van der Waals surface area contributed by atoms with Crippen molar-refractivity contribution in [2.24, 2.45) is 0 Å². The molecule has 1 amide bonds. The summed E-state index contributed by atoms with van der Waals surface area (Å²) in [6.45, 7) is 10.8. The lowest BCUT2D eigenvalue weighted by atomic mass is 9.87. The predicted octanol–water partition coefficient (Wildman–Crippen LogP) is 5.73. The van der Waals surface area contributed by atoms with Crippen molar-refractivity contribution in [1.82, 2.24) is 4.98 Å². The lowest BCUT2D eigenvalue weighted by Gasteiger charge is -2.18. The largest absolute Gasteiger partial charge is 0.484 e. The molecule has 0 aliphatic carbocycles. The minimum absolute atomic E-state index is 0.0370. The van der Waals surface area contributed by atoms with E-state index in [4.69, 9.17) is 4.74 Å². The summed E-state index contributed by atoms with van der Waals surface area (Å²) in [5, 5.41) is 3.44. The van der Waals surface area contributed by atoms with Gasteiger partial charge in [0.25, 0.3) is 5.91 Å². The first kappa shape index (κ1) is 19.4. The van der Waals surface area contributed by atoms with Crippen molar-refractivity contribution >= 4 is 32.6 Å². The number of anilines is 1. The molecule has 0 spiro atoms. The monoisotopic (exact) mass is 382 g/mol. The highest BCUT2D eigenvalue weighted by molar-refractivity contribution is 7.22. The maximum atomic E-state index is 12.2. The Morgan fingerprint density at radius 3 is 2.67 bits per heavy atom. The van der Waals surface area contributed by atoms with Crippen molar-refractivity contribution in [3.8, 4) is 5.75 Å². The maximum Gasteiger partial charge on any atom is 0.264 e. The molecule has 27 heavy (non-hydrogen) atoms. The summed E-state index contributed by atoms with van der Waals surface area (Å²) in [7, 11) is 0. The van der Waals surface area contributed by atoms with E-state index in [9.17, 15) is 4.79 Å². The Morgan fingerprint density at radius 2 is 1.96 bits per heavy atom. The van der Waals surface area contributed by atoms with Gasteiger partial charge in [-0.15, -0.1) is 0 Å². The molecule has 0 atom stereocenters. The molecular formula is C22H26N2O2S. The summed E-state index contributed by atoms with van der Waals surface area (Å²) >= 11 is 1.49. The smallest absolute Gasteiger partial charge is 0.264 e. The average Bonchev–Trinajstić information content (AvgIpc) is 3.00. The minimum Gasteiger partial charge on any atom is -0.484 e. The number of fused-ring (bicyclic) bond motifs is 1. The van der Waals surface area contributed by atoms with Gasteiger partial charge in [0.2, 0.25) is 0 Å². The molecular weight excluding hydrogens is 356 g/mol. The van der Waals surface area contributed by atoms with Crippen LogP contribution in [0.1, 0.15) is 51.7 Å². The SMILES string of the molecule is CC(C)c1cccc(OCC(=O)Nc2nc3ccc(C(C)(C)C)cc3s2)c1. The quantitative estimate of drug-likeness (QED) is 0.612. The molecule has 0 fully saturated rings. The zero-order chi connectivity index (χ0) is 19.6. The zero-order valence-corrected chi connectivity index (χ0v) is 17.3. The topological polar surface area (TPSA) is 51.2 Å². The predicted molar refractivity (Wildman–Crippen MR) is 113 cm³/mol. The Labute approximate surface area is 164 Å². The van der Waals surface area contributed by atoms with Crippen LogP contribution in [0.5, 0.6) is 5.75 Å². The number of carbonyl (C=O) groups is 1. The highest BCUT2D eigenvalue weighted by Crippen LogP contribution is 2.31. The molecule has 1 heterocycles. The lowest BCUT2D eigenvalue weighted by molar-refractivity contribution is -0.118. The number of nitrogens with one attached hydrogen (secondary N) is 1. The molecule has 3 rings (SSSR count). The van der Waals surface area contributed by atoms with Crippen LogP contribution < -0.4 is 10.1 Å². The fraction of sp³-hybridized carbons (Fsp3) is 0.364. The number of carbonyl (C=O) groups excluding carboxylic acids is 1. The fourth-order valence-electron chi connectivity index (χ4n) is 2.71. The van der Waals surface area contributed by atoms with E-state index >= 15 is 0 Å². The number of amides is 1. The van der Waals surface area contributed by atoms with Crippen molar-refractivity contribution in [3.63, 3.8) is 0 Å². The van der Waals surface area contributed by atoms with Gasteiger partial charge < -0.3 is 4.74 Å². The van der Waals surface area contributed by atoms with E-state index in [1.54, 1.807) is 0 Å². The third kappa shape index (κ3) is 4.86. The van der Waals surface area contributed by atoms with Crippen LogP contribution in [0.15, 0.2) is 42.5 Å². The van der Waals surface area contributed by atoms with Gasteiger partial charge in [-0.2, -0.15) is 0 Å². The molecule has 0 aliphatic heterocycles. The van der Waals surface area contributed by atoms with Gasteiger partial charge in [-0.3, -0.25) is 10.1 Å². The van der Waals surface area contributed by atoms with Gasteiger partial charge in [0, 0.05) is 0 Å². The first-order chi connectivity index (χ1) is 12.7. The van der Waals surface area contributed by atoms with E-state index in [-0.39, 0.29) is 17.9 Å². The fourth-order valence-corrected chi connectivity index (χ4v) is 3.63. The van der Waals surface area contributed by atoms with Gasteiger partial charge in [-0.1, -0.05) is 64.2 Å². The highest BCUT2D eigenvalue weighted by atomic mass is 32.1. The van der Waals surface area contributed by atoms with E-state index in [0.29, 0.717) is 16.8 Å². The molecule has 3 aromatic rings. The molecule has 2 aromatic carbocycles. The van der Waals surface area contributed by atoms with Crippen molar-refractivity contribution in [2.75, 3.05) is 11.9 Å². The highest BCUT2D eigenvalue weighted by Gasteiger charge is 2.16. The van der Waals surface area contributed by atoms with Crippen LogP contribution in [-0.2, 0) is 10.2 Å². The van der Waals surface area contributed by atoms with Crippen molar-refractivity contribution in [2.45, 2.75) is 46.0 Å². The van der Waals surface area contributed by atoms with Gasteiger partial charge in [-0.25, -0.2) is 4.98 Å². The van der Waals surface area contributed by atoms with Crippen molar-refractivity contribution in [1.29, 1.82) is 0 Å². The van der Waals surface area contributed by atoms with E-state index in [2.05, 4.69) is 63.1 Å². The standard InChI is InChI=1S/C22H26N2O2S/c1-14(2)15-7-6-8-17(11-15)26-13-20(25)24-21-23-18-10-9-16(22(3,4)5)12-19(18)27-21/h6-12,14H,13H2,1-5H3,(H,23,24,25). The Hall–Kier alpha value is -2.40. The summed E-state index contributed by atoms with van der Waals surface area (Å²) in [5.41, 5.74) is 3.42. The van der Waals surface area contributed by atoms with Crippen LogP contribution in [0.3, 0.4) is 0 Å². The van der Waals surface area contributed by atoms with E-state index in [1.165, 1.54) is 22.5 Å². The molecule has 0 saturated heterocycles. The Bertz CT molecular complexity index is 954. The molecule has 1 N–H and O–H groups in total.